The second kappa shape index (κ2) is 5.71. The van der Waals surface area contributed by atoms with Gasteiger partial charge in [0.15, 0.2) is 0 Å². The molecule has 3 heteroatoms. The van der Waals surface area contributed by atoms with Crippen LogP contribution in [0.2, 0.25) is 0 Å². The van der Waals surface area contributed by atoms with Crippen LogP contribution in [0.4, 0.5) is 0 Å². The predicted molar refractivity (Wildman–Crippen MR) is 78.2 cm³/mol. The molecule has 0 aromatic heterocycles. The van der Waals surface area contributed by atoms with Crippen molar-refractivity contribution in [1.82, 2.24) is 5.32 Å². The van der Waals surface area contributed by atoms with E-state index in [0.717, 1.165) is 38.8 Å². The molecule has 2 N–H and O–H groups in total. The molecule has 2 rings (SSSR count). The summed E-state index contributed by atoms with van der Waals surface area (Å²) < 4.78 is 5.75. The fourth-order valence-electron chi connectivity index (χ4n) is 3.82. The highest BCUT2D eigenvalue weighted by Crippen LogP contribution is 2.43. The first kappa shape index (κ1) is 15.3. The van der Waals surface area contributed by atoms with Gasteiger partial charge in [0.2, 0.25) is 0 Å². The lowest BCUT2D eigenvalue weighted by Crippen LogP contribution is -2.63. The molecule has 0 aliphatic heterocycles. The van der Waals surface area contributed by atoms with Crippen molar-refractivity contribution < 1.29 is 9.84 Å². The number of hydrogen-bond acceptors (Lipinski definition) is 3. The van der Waals surface area contributed by atoms with E-state index >= 15 is 0 Å². The summed E-state index contributed by atoms with van der Waals surface area (Å²) in [6.07, 6.45) is 5.77. The number of rotatable bonds is 5. The van der Waals surface area contributed by atoms with Gasteiger partial charge in [0, 0.05) is 24.6 Å². The molecule has 0 saturated heterocycles. The van der Waals surface area contributed by atoms with E-state index in [0.29, 0.717) is 18.1 Å². The number of hydrogen-bond donors (Lipinski definition) is 2. The van der Waals surface area contributed by atoms with Crippen LogP contribution in [0.25, 0.3) is 0 Å². The molecule has 2 aliphatic carbocycles. The maximum Gasteiger partial charge on any atom is 0.0774 e. The van der Waals surface area contributed by atoms with Gasteiger partial charge in [-0.3, -0.25) is 0 Å². The van der Waals surface area contributed by atoms with E-state index < -0.39 is 5.60 Å². The van der Waals surface area contributed by atoms with Crippen LogP contribution >= 0.6 is 0 Å². The second-order valence-corrected chi connectivity index (χ2v) is 7.36. The van der Waals surface area contributed by atoms with Gasteiger partial charge in [-0.25, -0.2) is 0 Å². The van der Waals surface area contributed by atoms with Crippen molar-refractivity contribution in [2.75, 3.05) is 13.2 Å². The Morgan fingerprint density at radius 2 is 2.11 bits per heavy atom. The van der Waals surface area contributed by atoms with Gasteiger partial charge < -0.3 is 15.2 Å². The first-order chi connectivity index (χ1) is 8.87. The van der Waals surface area contributed by atoms with Gasteiger partial charge in [0.05, 0.1) is 11.7 Å². The smallest absolute Gasteiger partial charge is 0.0774 e. The molecule has 112 valence electrons. The van der Waals surface area contributed by atoms with Gasteiger partial charge in [-0.05, 0) is 32.1 Å². The van der Waals surface area contributed by atoms with Gasteiger partial charge in [-0.1, -0.05) is 33.6 Å². The maximum absolute atomic E-state index is 10.7. The van der Waals surface area contributed by atoms with Crippen molar-refractivity contribution in [3.63, 3.8) is 0 Å². The van der Waals surface area contributed by atoms with Crippen LogP contribution in [0.1, 0.15) is 59.8 Å². The zero-order valence-corrected chi connectivity index (χ0v) is 13.0. The molecule has 19 heavy (non-hydrogen) atoms. The molecule has 0 aromatic rings. The zero-order valence-electron chi connectivity index (χ0n) is 13.0. The summed E-state index contributed by atoms with van der Waals surface area (Å²) in [5.41, 5.74) is -0.295. The van der Waals surface area contributed by atoms with Crippen molar-refractivity contribution >= 4 is 0 Å². The first-order valence-corrected chi connectivity index (χ1v) is 7.95. The largest absolute Gasteiger partial charge is 0.389 e. The van der Waals surface area contributed by atoms with Crippen LogP contribution in [0.5, 0.6) is 0 Å². The number of aliphatic hydroxyl groups is 1. The highest BCUT2D eigenvalue weighted by molar-refractivity contribution is 5.03. The van der Waals surface area contributed by atoms with Gasteiger partial charge in [0.25, 0.3) is 0 Å². The van der Waals surface area contributed by atoms with Gasteiger partial charge in [-0.15, -0.1) is 0 Å². The Hall–Kier alpha value is -0.120. The summed E-state index contributed by atoms with van der Waals surface area (Å²) in [6.45, 7) is 10.4. The second-order valence-electron chi connectivity index (χ2n) is 7.36. The van der Waals surface area contributed by atoms with E-state index in [4.69, 9.17) is 4.74 Å². The molecule has 0 spiro atoms. The molecular weight excluding hydrogens is 238 g/mol. The van der Waals surface area contributed by atoms with Crippen LogP contribution in [0.15, 0.2) is 0 Å². The van der Waals surface area contributed by atoms with Crippen molar-refractivity contribution in [3.8, 4) is 0 Å². The first-order valence-electron chi connectivity index (χ1n) is 7.95. The highest BCUT2D eigenvalue weighted by atomic mass is 16.5. The molecule has 0 bridgehead atoms. The molecule has 4 unspecified atom stereocenters. The summed E-state index contributed by atoms with van der Waals surface area (Å²) in [5, 5.41) is 14.3. The molecule has 0 amide bonds. The molecule has 2 fully saturated rings. The third kappa shape index (κ3) is 3.32. The minimum Gasteiger partial charge on any atom is -0.389 e. The summed E-state index contributed by atoms with van der Waals surface area (Å²) in [4.78, 5) is 0. The van der Waals surface area contributed by atoms with E-state index in [-0.39, 0.29) is 5.41 Å². The monoisotopic (exact) mass is 269 g/mol. The summed E-state index contributed by atoms with van der Waals surface area (Å²) in [6, 6.07) is 0.477. The Morgan fingerprint density at radius 1 is 1.37 bits per heavy atom. The zero-order chi connectivity index (χ0) is 14.1. The Morgan fingerprint density at radius 3 is 2.68 bits per heavy atom. The fourth-order valence-corrected chi connectivity index (χ4v) is 3.82. The minimum atomic E-state index is -0.482. The quantitative estimate of drug-likeness (QED) is 0.806. The lowest BCUT2D eigenvalue weighted by atomic mass is 9.64. The fraction of sp³-hybridized carbons (Fsp3) is 1.00. The third-order valence-electron chi connectivity index (χ3n) is 5.29. The Labute approximate surface area is 118 Å². The Balaban J connectivity index is 1.80. The van der Waals surface area contributed by atoms with E-state index in [2.05, 4.69) is 33.0 Å². The molecule has 2 saturated carbocycles. The van der Waals surface area contributed by atoms with Crippen molar-refractivity contribution in [1.29, 1.82) is 0 Å². The van der Waals surface area contributed by atoms with Gasteiger partial charge >= 0.3 is 0 Å². The van der Waals surface area contributed by atoms with Crippen LogP contribution in [-0.4, -0.2) is 36.0 Å². The predicted octanol–water partition coefficient (Wildman–Crippen LogP) is 2.72. The van der Waals surface area contributed by atoms with Crippen molar-refractivity contribution in [3.05, 3.63) is 0 Å². The molecule has 0 aromatic carbocycles. The van der Waals surface area contributed by atoms with Gasteiger partial charge in [0.1, 0.15) is 0 Å². The number of ether oxygens (including phenoxy) is 1. The third-order valence-corrected chi connectivity index (χ3v) is 5.29. The Bertz CT molecular complexity index is 305. The summed E-state index contributed by atoms with van der Waals surface area (Å²) in [7, 11) is 0. The van der Waals surface area contributed by atoms with E-state index in [1.165, 1.54) is 6.42 Å². The normalized spacial score (nSPS) is 41.8. The molecule has 0 radical (unpaired) electrons. The summed E-state index contributed by atoms with van der Waals surface area (Å²) >= 11 is 0. The van der Waals surface area contributed by atoms with E-state index in [1.54, 1.807) is 0 Å². The van der Waals surface area contributed by atoms with Crippen molar-refractivity contribution in [2.24, 2.45) is 11.3 Å². The minimum absolute atomic E-state index is 0.187. The molecule has 0 heterocycles. The molecule has 3 nitrogen and oxygen atoms in total. The summed E-state index contributed by atoms with van der Waals surface area (Å²) in [5.74, 6) is 0.658. The lowest BCUT2D eigenvalue weighted by Gasteiger charge is -2.53. The van der Waals surface area contributed by atoms with Crippen molar-refractivity contribution in [2.45, 2.75) is 77.5 Å². The molecule has 2 aliphatic rings. The SMILES string of the molecule is CCOC1CC(NCC2(O)CCCC(C)C2)C1(C)C. The maximum atomic E-state index is 10.7. The van der Waals surface area contributed by atoms with Crippen LogP contribution in [-0.2, 0) is 4.74 Å². The van der Waals surface area contributed by atoms with Crippen LogP contribution in [0.3, 0.4) is 0 Å². The highest BCUT2D eigenvalue weighted by Gasteiger charge is 2.49. The van der Waals surface area contributed by atoms with E-state index in [1.807, 2.05) is 0 Å². The standard InChI is InChI=1S/C16H31NO2/c1-5-19-14-9-13(15(14,3)4)17-11-16(18)8-6-7-12(2)10-16/h12-14,17-18H,5-11H2,1-4H3. The average Bonchev–Trinajstić information content (AvgIpc) is 2.32. The molecule has 4 atom stereocenters. The Kier molecular flexibility index (Phi) is 4.59. The van der Waals surface area contributed by atoms with Crippen LogP contribution in [0, 0.1) is 11.3 Å². The van der Waals surface area contributed by atoms with E-state index in [9.17, 15) is 5.11 Å². The number of nitrogens with one attached hydrogen (secondary N) is 1. The topological polar surface area (TPSA) is 41.5 Å². The average molecular weight is 269 g/mol. The van der Waals surface area contributed by atoms with Gasteiger partial charge in [-0.2, -0.15) is 0 Å². The molecular formula is C16H31NO2. The lowest BCUT2D eigenvalue weighted by molar-refractivity contribution is -0.120. The van der Waals surface area contributed by atoms with Crippen LogP contribution < -0.4 is 5.32 Å².